The summed E-state index contributed by atoms with van der Waals surface area (Å²) in [6, 6.07) is 1.84. The van der Waals surface area contributed by atoms with Crippen LogP contribution in [-0.2, 0) is 12.8 Å². The highest BCUT2D eigenvalue weighted by atomic mass is 16.5. The van der Waals surface area contributed by atoms with Crippen LogP contribution in [0.3, 0.4) is 0 Å². The zero-order valence-electron chi connectivity index (χ0n) is 11.8. The van der Waals surface area contributed by atoms with Gasteiger partial charge in [0, 0.05) is 5.56 Å². The molecule has 1 rings (SSSR count). The third-order valence-corrected chi connectivity index (χ3v) is 2.85. The summed E-state index contributed by atoms with van der Waals surface area (Å²) >= 11 is 0. The van der Waals surface area contributed by atoms with E-state index in [1.807, 2.05) is 33.8 Å². The largest absolute Gasteiger partial charge is 0.508 e. The van der Waals surface area contributed by atoms with E-state index < -0.39 is 0 Å². The van der Waals surface area contributed by atoms with Crippen molar-refractivity contribution < 1.29 is 9.84 Å². The first-order chi connectivity index (χ1) is 7.80. The van der Waals surface area contributed by atoms with Crippen molar-refractivity contribution in [2.45, 2.75) is 60.0 Å². The number of benzene rings is 1. The molecule has 0 aliphatic carbocycles. The molecule has 0 atom stereocenters. The van der Waals surface area contributed by atoms with Gasteiger partial charge in [-0.3, -0.25) is 0 Å². The summed E-state index contributed by atoms with van der Waals surface area (Å²) in [5.74, 6) is 1.33. The van der Waals surface area contributed by atoms with Crippen LogP contribution in [0.15, 0.2) is 6.07 Å². The van der Waals surface area contributed by atoms with Gasteiger partial charge in [0.1, 0.15) is 17.1 Å². The fourth-order valence-electron chi connectivity index (χ4n) is 2.04. The Hall–Kier alpha value is -1.18. The number of aromatic hydroxyl groups is 1. The molecule has 1 aromatic rings. The van der Waals surface area contributed by atoms with Crippen molar-refractivity contribution in [2.75, 3.05) is 0 Å². The van der Waals surface area contributed by atoms with Gasteiger partial charge in [-0.25, -0.2) is 0 Å². The maximum Gasteiger partial charge on any atom is 0.126 e. The summed E-state index contributed by atoms with van der Waals surface area (Å²) < 4.78 is 6.04. The highest BCUT2D eigenvalue weighted by Crippen LogP contribution is 2.35. The van der Waals surface area contributed by atoms with Crippen molar-refractivity contribution in [3.8, 4) is 11.5 Å². The summed E-state index contributed by atoms with van der Waals surface area (Å²) in [6.07, 6.45) is 1.69. The SMILES string of the molecule is CCc1cc(O)c(CC)c(C)c1OC(C)(C)C. The molecule has 2 nitrogen and oxygen atoms in total. The molecule has 2 heteroatoms. The van der Waals surface area contributed by atoms with Gasteiger partial charge in [0.25, 0.3) is 0 Å². The molecule has 0 bridgehead atoms. The van der Waals surface area contributed by atoms with E-state index in [4.69, 9.17) is 4.74 Å². The molecule has 0 radical (unpaired) electrons. The van der Waals surface area contributed by atoms with Crippen LogP contribution >= 0.6 is 0 Å². The Morgan fingerprint density at radius 3 is 2.18 bits per heavy atom. The molecule has 0 spiro atoms. The lowest BCUT2D eigenvalue weighted by atomic mass is 9.98. The Morgan fingerprint density at radius 1 is 1.18 bits per heavy atom. The van der Waals surface area contributed by atoms with Gasteiger partial charge in [-0.1, -0.05) is 13.8 Å². The first kappa shape index (κ1) is 13.9. The van der Waals surface area contributed by atoms with E-state index in [9.17, 15) is 5.11 Å². The highest BCUT2D eigenvalue weighted by molar-refractivity contribution is 5.52. The first-order valence-corrected chi connectivity index (χ1v) is 6.33. The van der Waals surface area contributed by atoms with Gasteiger partial charge in [-0.15, -0.1) is 0 Å². The van der Waals surface area contributed by atoms with Crippen LogP contribution in [0, 0.1) is 6.92 Å². The van der Waals surface area contributed by atoms with E-state index in [1.54, 1.807) is 0 Å². The number of ether oxygens (including phenoxy) is 1. The Balaban J connectivity index is 3.35. The van der Waals surface area contributed by atoms with Gasteiger partial charge < -0.3 is 9.84 Å². The minimum absolute atomic E-state index is 0.212. The van der Waals surface area contributed by atoms with Crippen molar-refractivity contribution in [1.82, 2.24) is 0 Å². The molecule has 0 unspecified atom stereocenters. The number of hydrogen-bond donors (Lipinski definition) is 1. The van der Waals surface area contributed by atoms with Gasteiger partial charge in [-0.05, 0) is 57.7 Å². The van der Waals surface area contributed by atoms with Crippen LogP contribution in [0.1, 0.15) is 51.3 Å². The van der Waals surface area contributed by atoms with Crippen molar-refractivity contribution >= 4 is 0 Å². The van der Waals surface area contributed by atoms with Crippen LogP contribution in [0.5, 0.6) is 11.5 Å². The molecule has 0 saturated carbocycles. The van der Waals surface area contributed by atoms with E-state index in [2.05, 4.69) is 13.8 Å². The van der Waals surface area contributed by atoms with Gasteiger partial charge in [0.15, 0.2) is 0 Å². The normalized spacial score (nSPS) is 11.6. The molecular weight excluding hydrogens is 212 g/mol. The van der Waals surface area contributed by atoms with Crippen molar-refractivity contribution in [2.24, 2.45) is 0 Å². The van der Waals surface area contributed by atoms with Crippen molar-refractivity contribution in [1.29, 1.82) is 0 Å². The predicted molar refractivity (Wildman–Crippen MR) is 72.0 cm³/mol. The second-order valence-corrected chi connectivity index (χ2v) is 5.41. The van der Waals surface area contributed by atoms with Gasteiger partial charge >= 0.3 is 0 Å². The molecule has 0 fully saturated rings. The molecule has 0 saturated heterocycles. The summed E-state index contributed by atoms with van der Waals surface area (Å²) in [7, 11) is 0. The van der Waals surface area contributed by atoms with Crippen LogP contribution in [0.2, 0.25) is 0 Å². The quantitative estimate of drug-likeness (QED) is 0.859. The molecule has 0 amide bonds. The molecule has 96 valence electrons. The summed E-state index contributed by atoms with van der Waals surface area (Å²) in [5.41, 5.74) is 2.92. The Kier molecular flexibility index (Phi) is 4.07. The molecule has 0 heterocycles. The number of phenols is 1. The smallest absolute Gasteiger partial charge is 0.126 e. The second kappa shape index (κ2) is 4.99. The predicted octanol–water partition coefficient (Wildman–Crippen LogP) is 4.00. The van der Waals surface area contributed by atoms with E-state index in [0.29, 0.717) is 5.75 Å². The monoisotopic (exact) mass is 236 g/mol. The van der Waals surface area contributed by atoms with Crippen LogP contribution < -0.4 is 4.74 Å². The zero-order valence-corrected chi connectivity index (χ0v) is 11.8. The van der Waals surface area contributed by atoms with Gasteiger partial charge in [-0.2, -0.15) is 0 Å². The van der Waals surface area contributed by atoms with E-state index in [1.165, 1.54) is 0 Å². The van der Waals surface area contributed by atoms with E-state index in [-0.39, 0.29) is 5.60 Å². The minimum atomic E-state index is -0.212. The molecule has 1 N–H and O–H groups in total. The first-order valence-electron chi connectivity index (χ1n) is 6.33. The Bertz CT molecular complexity index is 400. The highest BCUT2D eigenvalue weighted by Gasteiger charge is 2.19. The van der Waals surface area contributed by atoms with Gasteiger partial charge in [0.2, 0.25) is 0 Å². The lowest BCUT2D eigenvalue weighted by Gasteiger charge is -2.26. The number of rotatable bonds is 3. The fourth-order valence-corrected chi connectivity index (χ4v) is 2.04. The van der Waals surface area contributed by atoms with E-state index >= 15 is 0 Å². The molecule has 0 aliphatic rings. The molecule has 0 aromatic heterocycles. The summed E-state index contributed by atoms with van der Waals surface area (Å²) in [5, 5.41) is 9.97. The summed E-state index contributed by atoms with van der Waals surface area (Å²) in [6.45, 7) is 12.3. The van der Waals surface area contributed by atoms with Crippen molar-refractivity contribution in [3.63, 3.8) is 0 Å². The lowest BCUT2D eigenvalue weighted by molar-refractivity contribution is 0.128. The van der Waals surface area contributed by atoms with Crippen LogP contribution in [0.4, 0.5) is 0 Å². The molecule has 1 aromatic carbocycles. The fraction of sp³-hybridized carbons (Fsp3) is 0.600. The third-order valence-electron chi connectivity index (χ3n) is 2.85. The number of phenolic OH excluding ortho intramolecular Hbond substituents is 1. The third kappa shape index (κ3) is 3.15. The van der Waals surface area contributed by atoms with Gasteiger partial charge in [0.05, 0.1) is 0 Å². The zero-order chi connectivity index (χ0) is 13.2. The summed E-state index contributed by atoms with van der Waals surface area (Å²) in [4.78, 5) is 0. The number of aryl methyl sites for hydroxylation is 1. The Morgan fingerprint density at radius 2 is 1.76 bits per heavy atom. The number of hydrogen-bond acceptors (Lipinski definition) is 2. The van der Waals surface area contributed by atoms with E-state index in [0.717, 1.165) is 35.3 Å². The average Bonchev–Trinajstić information content (AvgIpc) is 2.21. The Labute approximate surface area is 105 Å². The lowest BCUT2D eigenvalue weighted by Crippen LogP contribution is -2.24. The maximum atomic E-state index is 9.97. The van der Waals surface area contributed by atoms with Crippen LogP contribution in [-0.4, -0.2) is 10.7 Å². The molecule has 0 aliphatic heterocycles. The maximum absolute atomic E-state index is 9.97. The molecular formula is C15H24O2. The average molecular weight is 236 g/mol. The van der Waals surface area contributed by atoms with Crippen LogP contribution in [0.25, 0.3) is 0 Å². The molecule has 17 heavy (non-hydrogen) atoms. The minimum Gasteiger partial charge on any atom is -0.508 e. The van der Waals surface area contributed by atoms with Crippen molar-refractivity contribution in [3.05, 3.63) is 22.8 Å². The topological polar surface area (TPSA) is 29.5 Å². The standard InChI is InChI=1S/C15H24O2/c1-7-11-9-13(16)12(8-2)10(3)14(11)17-15(4,5)6/h9,16H,7-8H2,1-6H3. The second-order valence-electron chi connectivity index (χ2n) is 5.41.